The topological polar surface area (TPSA) is 44.7 Å². The molecular formula is C17H26F2N2O2. The van der Waals surface area contributed by atoms with E-state index in [1.54, 1.807) is 0 Å². The molecule has 1 atom stereocenters. The Kier molecular flexibility index (Phi) is 7.20. The van der Waals surface area contributed by atoms with Crippen molar-refractivity contribution in [2.45, 2.75) is 38.3 Å². The first-order chi connectivity index (χ1) is 11.0. The van der Waals surface area contributed by atoms with E-state index in [-0.39, 0.29) is 12.1 Å². The van der Waals surface area contributed by atoms with Crippen LogP contribution in [-0.4, -0.2) is 54.9 Å². The maximum absolute atomic E-state index is 13.1. The lowest BCUT2D eigenvalue weighted by Gasteiger charge is -2.29. The number of nitrogens with one attached hydrogen (secondary N) is 1. The Balaban J connectivity index is 1.56. The standard InChI is InChI=1S/C17H26F2N2O2/c1-13(12-23-15-3-4-16(18)17(19)11-15)20-7-2-8-21-9-5-14(22)6-10-21/h3-4,11,13-14,20,22H,2,5-10,12H2,1H3. The third-order valence-corrected chi connectivity index (χ3v) is 4.09. The first-order valence-corrected chi connectivity index (χ1v) is 8.26. The molecule has 1 saturated heterocycles. The molecular weight excluding hydrogens is 302 g/mol. The van der Waals surface area contributed by atoms with Gasteiger partial charge in [0.2, 0.25) is 0 Å². The SMILES string of the molecule is CC(COc1ccc(F)c(F)c1)NCCCN1CCC(O)CC1. The van der Waals surface area contributed by atoms with Crippen molar-refractivity contribution < 1.29 is 18.6 Å². The lowest BCUT2D eigenvalue weighted by Crippen LogP contribution is -2.38. The molecule has 4 nitrogen and oxygen atoms in total. The van der Waals surface area contributed by atoms with Gasteiger partial charge in [0.15, 0.2) is 11.6 Å². The van der Waals surface area contributed by atoms with Crippen LogP contribution in [-0.2, 0) is 0 Å². The first kappa shape index (κ1) is 18.1. The van der Waals surface area contributed by atoms with Gasteiger partial charge in [-0.3, -0.25) is 0 Å². The molecule has 130 valence electrons. The second kappa shape index (κ2) is 9.15. The maximum Gasteiger partial charge on any atom is 0.162 e. The van der Waals surface area contributed by atoms with Crippen LogP contribution in [0, 0.1) is 11.6 Å². The minimum Gasteiger partial charge on any atom is -0.492 e. The number of nitrogens with zero attached hydrogens (tertiary/aromatic N) is 1. The van der Waals surface area contributed by atoms with Gasteiger partial charge in [0.25, 0.3) is 0 Å². The van der Waals surface area contributed by atoms with Crippen molar-refractivity contribution in [3.63, 3.8) is 0 Å². The van der Waals surface area contributed by atoms with Crippen LogP contribution in [0.1, 0.15) is 26.2 Å². The number of aliphatic hydroxyl groups is 1. The lowest BCUT2D eigenvalue weighted by atomic mass is 10.1. The van der Waals surface area contributed by atoms with Crippen molar-refractivity contribution in [3.05, 3.63) is 29.8 Å². The summed E-state index contributed by atoms with van der Waals surface area (Å²) in [5, 5.41) is 12.8. The first-order valence-electron chi connectivity index (χ1n) is 8.26. The summed E-state index contributed by atoms with van der Waals surface area (Å²) < 4.78 is 31.3. The number of aliphatic hydroxyl groups excluding tert-OH is 1. The molecule has 2 rings (SSSR count). The number of halogens is 2. The van der Waals surface area contributed by atoms with Crippen LogP contribution in [0.3, 0.4) is 0 Å². The molecule has 1 aromatic rings. The summed E-state index contributed by atoms with van der Waals surface area (Å²) in [5.41, 5.74) is 0. The van der Waals surface area contributed by atoms with E-state index in [0.29, 0.717) is 12.4 Å². The molecule has 1 unspecified atom stereocenters. The van der Waals surface area contributed by atoms with Crippen molar-refractivity contribution in [1.29, 1.82) is 0 Å². The number of benzene rings is 1. The maximum atomic E-state index is 13.1. The van der Waals surface area contributed by atoms with Gasteiger partial charge in [-0.25, -0.2) is 8.78 Å². The minimum absolute atomic E-state index is 0.127. The van der Waals surface area contributed by atoms with E-state index < -0.39 is 11.6 Å². The quantitative estimate of drug-likeness (QED) is 0.718. The van der Waals surface area contributed by atoms with E-state index >= 15 is 0 Å². The highest BCUT2D eigenvalue weighted by atomic mass is 19.2. The smallest absolute Gasteiger partial charge is 0.162 e. The van der Waals surface area contributed by atoms with Gasteiger partial charge in [-0.15, -0.1) is 0 Å². The Morgan fingerprint density at radius 2 is 2.04 bits per heavy atom. The van der Waals surface area contributed by atoms with Crippen molar-refractivity contribution in [2.24, 2.45) is 0 Å². The fraction of sp³-hybridized carbons (Fsp3) is 0.647. The van der Waals surface area contributed by atoms with Gasteiger partial charge >= 0.3 is 0 Å². The molecule has 1 aromatic carbocycles. The molecule has 0 aliphatic carbocycles. The Labute approximate surface area is 136 Å². The van der Waals surface area contributed by atoms with Crippen LogP contribution in [0.25, 0.3) is 0 Å². The van der Waals surface area contributed by atoms with Gasteiger partial charge in [0.1, 0.15) is 12.4 Å². The van der Waals surface area contributed by atoms with E-state index in [0.717, 1.165) is 57.6 Å². The number of piperidine rings is 1. The van der Waals surface area contributed by atoms with Crippen molar-refractivity contribution >= 4 is 0 Å². The number of hydrogen-bond acceptors (Lipinski definition) is 4. The molecule has 1 aliphatic rings. The van der Waals surface area contributed by atoms with Gasteiger partial charge in [-0.2, -0.15) is 0 Å². The van der Waals surface area contributed by atoms with Crippen molar-refractivity contribution in [3.8, 4) is 5.75 Å². The summed E-state index contributed by atoms with van der Waals surface area (Å²) in [6.07, 6.45) is 2.64. The van der Waals surface area contributed by atoms with Crippen LogP contribution in [0.15, 0.2) is 18.2 Å². The molecule has 2 N–H and O–H groups in total. The number of likely N-dealkylation sites (tertiary alicyclic amines) is 1. The summed E-state index contributed by atoms with van der Waals surface area (Å²) in [7, 11) is 0. The predicted molar refractivity (Wildman–Crippen MR) is 85.6 cm³/mol. The number of rotatable bonds is 8. The van der Waals surface area contributed by atoms with E-state index in [2.05, 4.69) is 10.2 Å². The van der Waals surface area contributed by atoms with Crippen LogP contribution in [0.5, 0.6) is 5.75 Å². The molecule has 0 saturated carbocycles. The highest BCUT2D eigenvalue weighted by Gasteiger charge is 2.16. The van der Waals surface area contributed by atoms with Gasteiger partial charge in [0, 0.05) is 25.2 Å². The largest absolute Gasteiger partial charge is 0.492 e. The zero-order chi connectivity index (χ0) is 16.7. The van der Waals surface area contributed by atoms with Crippen molar-refractivity contribution in [1.82, 2.24) is 10.2 Å². The molecule has 0 spiro atoms. The zero-order valence-electron chi connectivity index (χ0n) is 13.6. The van der Waals surface area contributed by atoms with E-state index in [9.17, 15) is 13.9 Å². The highest BCUT2D eigenvalue weighted by Crippen LogP contribution is 2.15. The van der Waals surface area contributed by atoms with Crippen LogP contribution in [0.4, 0.5) is 8.78 Å². The average Bonchev–Trinajstić information content (AvgIpc) is 2.54. The second-order valence-corrected chi connectivity index (χ2v) is 6.17. The zero-order valence-corrected chi connectivity index (χ0v) is 13.6. The van der Waals surface area contributed by atoms with E-state index in [1.807, 2.05) is 6.92 Å². The van der Waals surface area contributed by atoms with Gasteiger partial charge in [0.05, 0.1) is 6.10 Å². The second-order valence-electron chi connectivity index (χ2n) is 6.17. The van der Waals surface area contributed by atoms with Crippen LogP contribution < -0.4 is 10.1 Å². The van der Waals surface area contributed by atoms with Gasteiger partial charge in [-0.1, -0.05) is 0 Å². The fourth-order valence-corrected chi connectivity index (χ4v) is 2.64. The lowest BCUT2D eigenvalue weighted by molar-refractivity contribution is 0.0819. The number of ether oxygens (including phenoxy) is 1. The molecule has 6 heteroatoms. The Morgan fingerprint density at radius 1 is 1.30 bits per heavy atom. The summed E-state index contributed by atoms with van der Waals surface area (Å²) in [4.78, 5) is 2.37. The van der Waals surface area contributed by atoms with Gasteiger partial charge in [-0.05, 0) is 51.4 Å². The molecule has 0 amide bonds. The molecule has 0 bridgehead atoms. The fourth-order valence-electron chi connectivity index (χ4n) is 2.64. The Hall–Kier alpha value is -1.24. The predicted octanol–water partition coefficient (Wildman–Crippen LogP) is 2.17. The summed E-state index contributed by atoms with van der Waals surface area (Å²) in [6.45, 7) is 6.24. The minimum atomic E-state index is -0.894. The molecule has 23 heavy (non-hydrogen) atoms. The third kappa shape index (κ3) is 6.41. The molecule has 1 heterocycles. The molecule has 1 fully saturated rings. The summed E-state index contributed by atoms with van der Waals surface area (Å²) in [5.74, 6) is -1.42. The number of hydrogen-bond donors (Lipinski definition) is 2. The average molecular weight is 328 g/mol. The summed E-state index contributed by atoms with van der Waals surface area (Å²) >= 11 is 0. The van der Waals surface area contributed by atoms with Gasteiger partial charge < -0.3 is 20.1 Å². The van der Waals surface area contributed by atoms with Crippen LogP contribution in [0.2, 0.25) is 0 Å². The van der Waals surface area contributed by atoms with E-state index in [4.69, 9.17) is 4.74 Å². The van der Waals surface area contributed by atoms with E-state index in [1.165, 1.54) is 6.07 Å². The normalized spacial score (nSPS) is 18.1. The Bertz CT molecular complexity index is 480. The third-order valence-electron chi connectivity index (χ3n) is 4.09. The van der Waals surface area contributed by atoms with Crippen LogP contribution >= 0.6 is 0 Å². The summed E-state index contributed by atoms with van der Waals surface area (Å²) in [6, 6.07) is 3.69. The molecule has 0 aromatic heterocycles. The monoisotopic (exact) mass is 328 g/mol. The molecule has 0 radical (unpaired) electrons. The molecule has 1 aliphatic heterocycles. The Morgan fingerprint density at radius 3 is 2.74 bits per heavy atom. The van der Waals surface area contributed by atoms with Crippen molar-refractivity contribution in [2.75, 3.05) is 32.8 Å². The highest BCUT2D eigenvalue weighted by molar-refractivity contribution is 5.23.